The van der Waals surface area contributed by atoms with Crippen molar-refractivity contribution in [3.63, 3.8) is 0 Å². The van der Waals surface area contributed by atoms with Crippen molar-refractivity contribution in [2.45, 2.75) is 23.9 Å². The number of hydrogen-bond acceptors (Lipinski definition) is 6. The van der Waals surface area contributed by atoms with Gasteiger partial charge in [0.2, 0.25) is 5.54 Å². The summed E-state index contributed by atoms with van der Waals surface area (Å²) < 4.78 is 5.05. The number of ether oxygens (including phenoxy) is 1. The maximum absolute atomic E-state index is 11.3. The number of piperidine rings is 1. The summed E-state index contributed by atoms with van der Waals surface area (Å²) in [6.45, 7) is 0.374. The minimum absolute atomic E-state index is 0.0722. The van der Waals surface area contributed by atoms with Gasteiger partial charge in [-0.15, -0.1) is 0 Å². The third-order valence-electron chi connectivity index (χ3n) is 3.69. The van der Waals surface area contributed by atoms with E-state index >= 15 is 0 Å². The second-order valence-corrected chi connectivity index (χ2v) is 5.18. The van der Waals surface area contributed by atoms with Crippen LogP contribution in [-0.2, 0) is 4.74 Å². The Bertz CT molecular complexity index is 437. The van der Waals surface area contributed by atoms with Crippen LogP contribution >= 0.6 is 0 Å². The predicted octanol–water partition coefficient (Wildman–Crippen LogP) is 0.287. The maximum atomic E-state index is 11.3. The van der Waals surface area contributed by atoms with Crippen molar-refractivity contribution in [3.8, 4) is 0 Å². The highest BCUT2D eigenvalue weighted by Crippen LogP contribution is 2.42. The van der Waals surface area contributed by atoms with Gasteiger partial charge in [-0.2, -0.15) is 0 Å². The molecular formula is C10H15N3O5. The summed E-state index contributed by atoms with van der Waals surface area (Å²) in [5, 5.41) is 22.6. The molecule has 0 aromatic rings. The number of hydrogen-bond donors (Lipinski definition) is 0. The lowest BCUT2D eigenvalue weighted by atomic mass is 9.71. The number of nitrogens with zero attached hydrogens (tertiary/aromatic N) is 3. The molecule has 8 nitrogen and oxygen atoms in total. The van der Waals surface area contributed by atoms with Crippen LogP contribution in [0.25, 0.3) is 0 Å². The first-order valence-electron chi connectivity index (χ1n) is 5.57. The van der Waals surface area contributed by atoms with Gasteiger partial charge in [-0.05, 0) is 7.05 Å². The summed E-state index contributed by atoms with van der Waals surface area (Å²) in [6.07, 6.45) is 1.47. The molecule has 8 heteroatoms. The Hall–Kier alpha value is -1.70. The van der Waals surface area contributed by atoms with Gasteiger partial charge in [-0.25, -0.2) is 0 Å². The summed E-state index contributed by atoms with van der Waals surface area (Å²) in [6, 6.07) is 0. The second kappa shape index (κ2) is 3.91. The summed E-state index contributed by atoms with van der Waals surface area (Å²) in [7, 11) is 3.05. The first kappa shape index (κ1) is 12.7. The highest BCUT2D eigenvalue weighted by atomic mass is 16.6. The summed E-state index contributed by atoms with van der Waals surface area (Å²) in [5.41, 5.74) is -2.73. The number of fused-ring (bicyclic) bond motifs is 2. The molecule has 1 heterocycles. The summed E-state index contributed by atoms with van der Waals surface area (Å²) >= 11 is 0. The number of likely N-dealkylation sites (N-methyl/N-ethyl adjacent to an activating group) is 1. The van der Waals surface area contributed by atoms with E-state index in [4.69, 9.17) is 4.74 Å². The Kier molecular flexibility index (Phi) is 2.77. The third-order valence-corrected chi connectivity index (χ3v) is 3.69. The Morgan fingerprint density at radius 1 is 1.33 bits per heavy atom. The molecule has 0 amide bonds. The van der Waals surface area contributed by atoms with Crippen molar-refractivity contribution in [3.05, 3.63) is 32.1 Å². The molecule has 0 aromatic heterocycles. The standard InChI is InChI=1S/C10H15N3O5/c1-11-6-9(12(14)15)3-8(18-2)4-10(5-9,7-11)13(16)17/h3H,4-7H2,1-2H3/t9-,10+/m0/s1. The van der Waals surface area contributed by atoms with Crippen LogP contribution in [0.1, 0.15) is 12.8 Å². The van der Waals surface area contributed by atoms with Gasteiger partial charge in [0, 0.05) is 15.9 Å². The first-order valence-corrected chi connectivity index (χ1v) is 5.57. The average molecular weight is 257 g/mol. The van der Waals surface area contributed by atoms with Crippen molar-refractivity contribution in [2.75, 3.05) is 27.2 Å². The minimum atomic E-state index is -1.41. The van der Waals surface area contributed by atoms with E-state index < -0.39 is 20.9 Å². The van der Waals surface area contributed by atoms with Crippen LogP contribution in [-0.4, -0.2) is 53.1 Å². The zero-order chi connectivity index (χ0) is 13.6. The highest BCUT2D eigenvalue weighted by molar-refractivity contribution is 5.21. The van der Waals surface area contributed by atoms with E-state index in [1.54, 1.807) is 11.9 Å². The highest BCUT2D eigenvalue weighted by Gasteiger charge is 2.63. The number of likely N-dealkylation sites (tertiary alicyclic amines) is 1. The molecular weight excluding hydrogens is 242 g/mol. The minimum Gasteiger partial charge on any atom is -0.501 e. The lowest BCUT2D eigenvalue weighted by Crippen LogP contribution is -2.65. The molecule has 0 radical (unpaired) electrons. The zero-order valence-corrected chi connectivity index (χ0v) is 10.3. The third kappa shape index (κ3) is 1.72. The van der Waals surface area contributed by atoms with Gasteiger partial charge in [-0.3, -0.25) is 25.1 Å². The van der Waals surface area contributed by atoms with Crippen LogP contribution in [0.2, 0.25) is 0 Å². The van der Waals surface area contributed by atoms with Crippen LogP contribution in [0, 0.1) is 20.2 Å². The van der Waals surface area contributed by atoms with Gasteiger partial charge < -0.3 is 4.74 Å². The van der Waals surface area contributed by atoms with E-state index in [9.17, 15) is 20.2 Å². The fourth-order valence-corrected chi connectivity index (χ4v) is 3.09. The molecule has 1 fully saturated rings. The predicted molar refractivity (Wildman–Crippen MR) is 61.3 cm³/mol. The van der Waals surface area contributed by atoms with E-state index in [0.717, 1.165) is 0 Å². The summed E-state index contributed by atoms with van der Waals surface area (Å²) in [4.78, 5) is 23.5. The van der Waals surface area contributed by atoms with Gasteiger partial charge in [0.15, 0.2) is 0 Å². The smallest absolute Gasteiger partial charge is 0.263 e. The van der Waals surface area contributed by atoms with Crippen molar-refractivity contribution >= 4 is 0 Å². The van der Waals surface area contributed by atoms with Crippen LogP contribution in [0.15, 0.2) is 11.8 Å². The van der Waals surface area contributed by atoms with Gasteiger partial charge >= 0.3 is 0 Å². The normalized spacial score (nSPS) is 35.8. The molecule has 2 aliphatic rings. The van der Waals surface area contributed by atoms with E-state index in [1.807, 2.05) is 0 Å². The number of nitro groups is 2. The SMILES string of the molecule is COC1=C[C@@]2([N+](=O)[O-])CN(C)C[C@@]([N+](=O)[O-])(C1)C2. The fourth-order valence-electron chi connectivity index (χ4n) is 3.09. The average Bonchev–Trinajstić information content (AvgIpc) is 2.26. The molecule has 0 saturated carbocycles. The molecule has 2 bridgehead atoms. The van der Waals surface area contributed by atoms with Crippen molar-refractivity contribution in [1.82, 2.24) is 4.90 Å². The molecule has 0 spiro atoms. The van der Waals surface area contributed by atoms with Gasteiger partial charge in [0.25, 0.3) is 5.54 Å². The Morgan fingerprint density at radius 3 is 2.50 bits per heavy atom. The molecule has 1 saturated heterocycles. The molecule has 18 heavy (non-hydrogen) atoms. The number of rotatable bonds is 3. The van der Waals surface area contributed by atoms with Crippen LogP contribution in [0.3, 0.4) is 0 Å². The molecule has 1 aliphatic carbocycles. The molecule has 1 aliphatic heterocycles. The Labute approximate surface area is 104 Å². The molecule has 0 N–H and O–H groups in total. The topological polar surface area (TPSA) is 98.8 Å². The van der Waals surface area contributed by atoms with Crippen LogP contribution in [0.4, 0.5) is 0 Å². The summed E-state index contributed by atoms with van der Waals surface area (Å²) in [5.74, 6) is 0.336. The van der Waals surface area contributed by atoms with Gasteiger partial charge in [-0.1, -0.05) is 0 Å². The molecule has 2 rings (SSSR count). The largest absolute Gasteiger partial charge is 0.501 e. The first-order chi connectivity index (χ1) is 8.33. The van der Waals surface area contributed by atoms with E-state index in [2.05, 4.69) is 0 Å². The van der Waals surface area contributed by atoms with E-state index in [0.29, 0.717) is 5.76 Å². The molecule has 2 atom stereocenters. The number of methoxy groups -OCH3 is 1. The molecule has 0 aromatic carbocycles. The monoisotopic (exact) mass is 257 g/mol. The zero-order valence-electron chi connectivity index (χ0n) is 10.3. The fraction of sp³-hybridized carbons (Fsp3) is 0.800. The maximum Gasteiger partial charge on any atom is 0.263 e. The molecule has 0 unspecified atom stereocenters. The van der Waals surface area contributed by atoms with E-state index in [1.165, 1.54) is 13.2 Å². The van der Waals surface area contributed by atoms with Gasteiger partial charge in [0.05, 0.1) is 33.0 Å². The lowest BCUT2D eigenvalue weighted by molar-refractivity contribution is -0.620. The molecule has 100 valence electrons. The Morgan fingerprint density at radius 2 is 2.00 bits per heavy atom. The van der Waals surface area contributed by atoms with Crippen LogP contribution in [0.5, 0.6) is 0 Å². The van der Waals surface area contributed by atoms with Crippen molar-refractivity contribution in [2.24, 2.45) is 0 Å². The lowest BCUT2D eigenvalue weighted by Gasteiger charge is -2.43. The second-order valence-electron chi connectivity index (χ2n) is 5.18. The van der Waals surface area contributed by atoms with Crippen molar-refractivity contribution in [1.29, 1.82) is 0 Å². The Balaban J connectivity index is 2.52. The van der Waals surface area contributed by atoms with Gasteiger partial charge in [0.1, 0.15) is 5.76 Å². The van der Waals surface area contributed by atoms with Crippen LogP contribution < -0.4 is 0 Å². The van der Waals surface area contributed by atoms with E-state index in [-0.39, 0.29) is 25.9 Å². The van der Waals surface area contributed by atoms with Crippen molar-refractivity contribution < 1.29 is 14.6 Å². The quantitative estimate of drug-likeness (QED) is 0.532.